The first-order valence-corrected chi connectivity index (χ1v) is 10.0. The van der Waals surface area contributed by atoms with E-state index in [0.29, 0.717) is 6.54 Å². The van der Waals surface area contributed by atoms with Gasteiger partial charge in [-0.15, -0.1) is 0 Å². The molecular weight excluding hydrogens is 316 g/mol. The van der Waals surface area contributed by atoms with E-state index in [-0.39, 0.29) is 0 Å². The molecule has 2 N–H and O–H groups in total. The van der Waals surface area contributed by atoms with Crippen LogP contribution in [-0.4, -0.2) is 43.1 Å². The van der Waals surface area contributed by atoms with Gasteiger partial charge < -0.3 is 15.5 Å². The van der Waals surface area contributed by atoms with Gasteiger partial charge in [0, 0.05) is 37.1 Å². The van der Waals surface area contributed by atoms with E-state index in [1.807, 2.05) is 0 Å². The highest BCUT2D eigenvalue weighted by molar-refractivity contribution is 8.00. The quantitative estimate of drug-likeness (QED) is 0.473. The molecule has 4 nitrogen and oxygen atoms in total. The highest BCUT2D eigenvalue weighted by Crippen LogP contribution is 2.25. The Hall–Kier alpha value is -1.62. The van der Waals surface area contributed by atoms with Crippen LogP contribution in [0.3, 0.4) is 0 Å². The minimum Gasteiger partial charge on any atom is -0.364 e. The average molecular weight is 345 g/mol. The lowest BCUT2D eigenvalue weighted by atomic mass is 10.2. The van der Waals surface area contributed by atoms with Gasteiger partial charge in [0.05, 0.1) is 6.54 Å². The molecule has 1 aromatic carbocycles. The van der Waals surface area contributed by atoms with Crippen molar-refractivity contribution in [2.24, 2.45) is 4.99 Å². The maximum Gasteiger partial charge on any atom is 0.191 e. The molecule has 0 amide bonds. The minimum absolute atomic E-state index is 0.714. The molecule has 2 heterocycles. The summed E-state index contributed by atoms with van der Waals surface area (Å²) in [6.45, 7) is 6.77. The fraction of sp³-hybridized carbons (Fsp3) is 0.526. The van der Waals surface area contributed by atoms with E-state index >= 15 is 0 Å². The number of hydrogen-bond acceptors (Lipinski definition) is 3. The molecule has 3 rings (SSSR count). The maximum atomic E-state index is 4.73. The van der Waals surface area contributed by atoms with Crippen LogP contribution in [0.5, 0.6) is 0 Å². The van der Waals surface area contributed by atoms with Crippen molar-refractivity contribution in [2.75, 3.05) is 36.8 Å². The SMILES string of the molecule is CCNC(=NCc1ccc(N2CC=CC2)cc1)NCC1CCCS1. The average Bonchev–Trinajstić information content (AvgIpc) is 3.31. The topological polar surface area (TPSA) is 39.7 Å². The smallest absolute Gasteiger partial charge is 0.191 e. The third kappa shape index (κ3) is 4.94. The van der Waals surface area contributed by atoms with Crippen molar-refractivity contribution >= 4 is 23.4 Å². The van der Waals surface area contributed by atoms with Crippen molar-refractivity contribution in [3.05, 3.63) is 42.0 Å². The monoisotopic (exact) mass is 344 g/mol. The van der Waals surface area contributed by atoms with Gasteiger partial charge in [0.1, 0.15) is 0 Å². The molecule has 0 bridgehead atoms. The van der Waals surface area contributed by atoms with Crippen LogP contribution in [0, 0.1) is 0 Å². The Labute approximate surface area is 149 Å². The number of nitrogens with zero attached hydrogens (tertiary/aromatic N) is 2. The molecule has 24 heavy (non-hydrogen) atoms. The predicted octanol–water partition coefficient (Wildman–Crippen LogP) is 3.01. The highest BCUT2D eigenvalue weighted by atomic mass is 32.2. The fourth-order valence-electron chi connectivity index (χ4n) is 3.03. The number of nitrogens with one attached hydrogen (secondary N) is 2. The van der Waals surface area contributed by atoms with Crippen molar-refractivity contribution in [1.29, 1.82) is 0 Å². The second-order valence-corrected chi connectivity index (χ2v) is 7.66. The molecule has 1 aromatic rings. The third-order valence-electron chi connectivity index (χ3n) is 4.40. The molecule has 0 spiro atoms. The Morgan fingerprint density at radius 2 is 2.00 bits per heavy atom. The van der Waals surface area contributed by atoms with E-state index < -0.39 is 0 Å². The molecule has 0 saturated carbocycles. The lowest BCUT2D eigenvalue weighted by Crippen LogP contribution is -2.40. The summed E-state index contributed by atoms with van der Waals surface area (Å²) in [5.74, 6) is 2.23. The normalized spacial score (nSPS) is 20.6. The van der Waals surface area contributed by atoms with Crippen LogP contribution < -0.4 is 15.5 Å². The predicted molar refractivity (Wildman–Crippen MR) is 106 cm³/mol. The van der Waals surface area contributed by atoms with Crippen molar-refractivity contribution in [2.45, 2.75) is 31.6 Å². The Morgan fingerprint density at radius 3 is 2.67 bits per heavy atom. The van der Waals surface area contributed by atoms with E-state index in [1.54, 1.807) is 0 Å². The minimum atomic E-state index is 0.714. The van der Waals surface area contributed by atoms with E-state index in [0.717, 1.165) is 37.4 Å². The summed E-state index contributed by atoms with van der Waals surface area (Å²) < 4.78 is 0. The van der Waals surface area contributed by atoms with E-state index in [9.17, 15) is 0 Å². The first-order chi connectivity index (χ1) is 11.8. The van der Waals surface area contributed by atoms with Crippen molar-refractivity contribution in [3.8, 4) is 0 Å². The molecule has 130 valence electrons. The summed E-state index contributed by atoms with van der Waals surface area (Å²) in [7, 11) is 0. The number of hydrogen-bond donors (Lipinski definition) is 2. The lowest BCUT2D eigenvalue weighted by molar-refractivity contribution is 0.727. The summed E-state index contributed by atoms with van der Waals surface area (Å²) in [6.07, 6.45) is 7.11. The first kappa shape index (κ1) is 17.2. The van der Waals surface area contributed by atoms with Gasteiger partial charge in [-0.25, -0.2) is 4.99 Å². The van der Waals surface area contributed by atoms with Crippen LogP contribution in [0.15, 0.2) is 41.4 Å². The summed E-state index contributed by atoms with van der Waals surface area (Å²) in [6, 6.07) is 8.78. The lowest BCUT2D eigenvalue weighted by Gasteiger charge is -2.17. The van der Waals surface area contributed by atoms with Gasteiger partial charge in [-0.3, -0.25) is 0 Å². The van der Waals surface area contributed by atoms with Crippen molar-refractivity contribution in [1.82, 2.24) is 10.6 Å². The van der Waals surface area contributed by atoms with E-state index in [4.69, 9.17) is 4.99 Å². The third-order valence-corrected chi connectivity index (χ3v) is 5.80. The zero-order chi connectivity index (χ0) is 16.6. The zero-order valence-corrected chi connectivity index (χ0v) is 15.3. The zero-order valence-electron chi connectivity index (χ0n) is 14.5. The fourth-order valence-corrected chi connectivity index (χ4v) is 4.23. The summed E-state index contributed by atoms with van der Waals surface area (Å²) in [5, 5.41) is 7.57. The Balaban J connectivity index is 1.52. The Morgan fingerprint density at radius 1 is 1.21 bits per heavy atom. The second-order valence-electron chi connectivity index (χ2n) is 6.25. The molecule has 1 unspecified atom stereocenters. The molecule has 1 saturated heterocycles. The van der Waals surface area contributed by atoms with Gasteiger partial charge in [-0.2, -0.15) is 11.8 Å². The standard InChI is InChI=1S/C19H28N4S/c1-2-20-19(22-15-18-6-5-13-24-18)21-14-16-7-9-17(10-8-16)23-11-3-4-12-23/h3-4,7-10,18H,2,5-6,11-15H2,1H3,(H2,20,21,22). The van der Waals surface area contributed by atoms with Gasteiger partial charge in [-0.1, -0.05) is 24.3 Å². The number of aliphatic imine (C=N–C) groups is 1. The molecule has 5 heteroatoms. The van der Waals surface area contributed by atoms with Crippen LogP contribution in [0.1, 0.15) is 25.3 Å². The number of anilines is 1. The van der Waals surface area contributed by atoms with Crippen molar-refractivity contribution in [3.63, 3.8) is 0 Å². The summed E-state index contributed by atoms with van der Waals surface area (Å²) in [5.41, 5.74) is 2.54. The number of guanidine groups is 1. The molecule has 0 aromatic heterocycles. The number of thioether (sulfide) groups is 1. The van der Waals surface area contributed by atoms with Crippen LogP contribution in [-0.2, 0) is 6.54 Å². The number of benzene rings is 1. The van der Waals surface area contributed by atoms with Crippen molar-refractivity contribution < 1.29 is 0 Å². The molecule has 1 atom stereocenters. The van der Waals surface area contributed by atoms with E-state index in [1.165, 1.54) is 29.8 Å². The van der Waals surface area contributed by atoms with Gasteiger partial charge in [0.25, 0.3) is 0 Å². The first-order valence-electron chi connectivity index (χ1n) is 8.98. The molecule has 2 aliphatic rings. The number of rotatable bonds is 6. The van der Waals surface area contributed by atoms with Gasteiger partial charge >= 0.3 is 0 Å². The van der Waals surface area contributed by atoms with Gasteiger partial charge in [-0.05, 0) is 43.2 Å². The molecule has 0 aliphatic carbocycles. The Bertz CT molecular complexity index is 553. The summed E-state index contributed by atoms with van der Waals surface area (Å²) in [4.78, 5) is 7.09. The maximum absolute atomic E-state index is 4.73. The van der Waals surface area contributed by atoms with Gasteiger partial charge in [0.2, 0.25) is 0 Å². The van der Waals surface area contributed by atoms with Crippen LogP contribution in [0.2, 0.25) is 0 Å². The largest absolute Gasteiger partial charge is 0.364 e. The molecule has 0 radical (unpaired) electrons. The highest BCUT2D eigenvalue weighted by Gasteiger charge is 2.15. The Kier molecular flexibility index (Phi) is 6.47. The molecule has 1 fully saturated rings. The molecule has 2 aliphatic heterocycles. The van der Waals surface area contributed by atoms with E-state index in [2.05, 4.69) is 70.6 Å². The van der Waals surface area contributed by atoms with Gasteiger partial charge in [0.15, 0.2) is 5.96 Å². The van der Waals surface area contributed by atoms with Crippen LogP contribution in [0.4, 0.5) is 5.69 Å². The molecular formula is C19H28N4S. The second kappa shape index (κ2) is 9.02. The van der Waals surface area contributed by atoms with Crippen LogP contribution >= 0.6 is 11.8 Å². The summed E-state index contributed by atoms with van der Waals surface area (Å²) >= 11 is 2.08. The van der Waals surface area contributed by atoms with Crippen LogP contribution in [0.25, 0.3) is 0 Å².